The highest BCUT2D eigenvalue weighted by Gasteiger charge is 2.23. The molecule has 1 aromatic carbocycles. The molecule has 1 N–H and O–H groups in total. The molecular formula is C32H40N8O2. The number of nitrogens with zero attached hydrogens (tertiary/aromatic N) is 7. The monoisotopic (exact) mass is 568 g/mol. The molecular weight excluding hydrogens is 528 g/mol. The smallest absolute Gasteiger partial charge is 0.219 e. The Morgan fingerprint density at radius 3 is 2.57 bits per heavy atom. The zero-order chi connectivity index (χ0) is 29.8. The average Bonchev–Trinajstić information content (AvgIpc) is 3.01. The largest absolute Gasteiger partial charge is 0.492 e. The van der Waals surface area contributed by atoms with Gasteiger partial charge in [0.05, 0.1) is 36.1 Å². The summed E-state index contributed by atoms with van der Waals surface area (Å²) in [5.74, 6) is 3.79. The molecule has 0 amide bonds. The van der Waals surface area contributed by atoms with Crippen LogP contribution in [-0.2, 0) is 0 Å². The number of hydrogen-bond donors (Lipinski definition) is 1. The fourth-order valence-corrected chi connectivity index (χ4v) is 5.14. The van der Waals surface area contributed by atoms with E-state index in [0.29, 0.717) is 28.9 Å². The Hall–Kier alpha value is -4.44. The minimum Gasteiger partial charge on any atom is -0.492 e. The third kappa shape index (κ3) is 5.94. The fourth-order valence-electron chi connectivity index (χ4n) is 5.14. The van der Waals surface area contributed by atoms with Crippen LogP contribution in [-0.4, -0.2) is 72.2 Å². The first-order valence-corrected chi connectivity index (χ1v) is 14.3. The zero-order valence-electron chi connectivity index (χ0n) is 25.4. The van der Waals surface area contributed by atoms with Gasteiger partial charge in [0.25, 0.3) is 0 Å². The molecule has 1 aliphatic heterocycles. The van der Waals surface area contributed by atoms with Crippen molar-refractivity contribution in [2.45, 2.75) is 33.1 Å². The molecule has 1 fully saturated rings. The molecule has 1 atom stereocenters. The summed E-state index contributed by atoms with van der Waals surface area (Å²) in [7, 11) is 5.79. The van der Waals surface area contributed by atoms with Crippen molar-refractivity contribution < 1.29 is 9.47 Å². The van der Waals surface area contributed by atoms with Crippen LogP contribution in [0.25, 0.3) is 10.9 Å². The van der Waals surface area contributed by atoms with Crippen LogP contribution < -0.4 is 24.6 Å². The number of hydrogen-bond acceptors (Lipinski definition) is 10. The molecule has 3 aromatic heterocycles. The van der Waals surface area contributed by atoms with E-state index in [1.54, 1.807) is 25.8 Å². The van der Waals surface area contributed by atoms with Gasteiger partial charge in [-0.05, 0) is 61.8 Å². The molecule has 10 heteroatoms. The van der Waals surface area contributed by atoms with Gasteiger partial charge in [0.2, 0.25) is 5.88 Å². The van der Waals surface area contributed by atoms with Gasteiger partial charge in [-0.25, -0.2) is 19.9 Å². The summed E-state index contributed by atoms with van der Waals surface area (Å²) >= 11 is 0. The number of anilines is 4. The van der Waals surface area contributed by atoms with E-state index in [1.807, 2.05) is 49.3 Å². The van der Waals surface area contributed by atoms with E-state index in [0.717, 1.165) is 66.5 Å². The molecule has 0 saturated carbocycles. The second-order valence-electron chi connectivity index (χ2n) is 10.8. The standard InChI is InChI=1S/C32H40N8O2/c1-8-21(3)24-17-28(33-19-26(24)39(6)9-2)42-27-11-10-23(16-22(27)4)37-31-29-25(35-20-36-31)18-34-32(30(29)41-7)40-14-12-38(5)13-15-40/h9-11,16-21H,2,8,12-15H2,1,3-7H3,(H,35,36,37). The highest BCUT2D eigenvalue weighted by Crippen LogP contribution is 2.39. The number of ether oxygens (including phenoxy) is 2. The van der Waals surface area contributed by atoms with E-state index in [2.05, 4.69) is 57.5 Å². The molecule has 1 saturated heterocycles. The van der Waals surface area contributed by atoms with Crippen molar-refractivity contribution in [2.75, 3.05) is 62.5 Å². The number of aryl methyl sites for hydroxylation is 1. The Morgan fingerprint density at radius 2 is 1.88 bits per heavy atom. The molecule has 1 unspecified atom stereocenters. The molecule has 10 nitrogen and oxygen atoms in total. The van der Waals surface area contributed by atoms with Crippen molar-refractivity contribution in [3.05, 3.63) is 66.9 Å². The predicted octanol–water partition coefficient (Wildman–Crippen LogP) is 6.12. The first kappa shape index (κ1) is 29.1. The number of nitrogens with one attached hydrogen (secondary N) is 1. The third-order valence-electron chi connectivity index (χ3n) is 7.96. The molecule has 1 aliphatic rings. The molecule has 4 aromatic rings. The second kappa shape index (κ2) is 12.6. The molecule has 0 aliphatic carbocycles. The summed E-state index contributed by atoms with van der Waals surface area (Å²) in [5, 5.41) is 4.28. The van der Waals surface area contributed by atoms with Crippen molar-refractivity contribution in [3.63, 3.8) is 0 Å². The van der Waals surface area contributed by atoms with Gasteiger partial charge in [0.15, 0.2) is 11.6 Å². The molecule has 220 valence electrons. The lowest BCUT2D eigenvalue weighted by atomic mass is 9.97. The van der Waals surface area contributed by atoms with Gasteiger partial charge in [-0.1, -0.05) is 20.4 Å². The normalized spacial score (nSPS) is 14.5. The Bertz CT molecular complexity index is 1570. The van der Waals surface area contributed by atoms with E-state index in [-0.39, 0.29) is 0 Å². The lowest BCUT2D eigenvalue weighted by molar-refractivity contribution is 0.310. The van der Waals surface area contributed by atoms with Crippen molar-refractivity contribution in [3.8, 4) is 17.4 Å². The molecule has 0 spiro atoms. The van der Waals surface area contributed by atoms with Gasteiger partial charge in [-0.15, -0.1) is 0 Å². The summed E-state index contributed by atoms with van der Waals surface area (Å²) in [6, 6.07) is 7.98. The Kier molecular flexibility index (Phi) is 8.72. The van der Waals surface area contributed by atoms with Crippen LogP contribution in [0, 0.1) is 6.92 Å². The summed E-state index contributed by atoms with van der Waals surface area (Å²) < 4.78 is 12.2. The highest BCUT2D eigenvalue weighted by molar-refractivity contribution is 5.98. The average molecular weight is 569 g/mol. The minimum atomic E-state index is 0.354. The van der Waals surface area contributed by atoms with Gasteiger partial charge < -0.3 is 29.5 Å². The van der Waals surface area contributed by atoms with E-state index in [9.17, 15) is 0 Å². The number of fused-ring (bicyclic) bond motifs is 1. The molecule has 0 radical (unpaired) electrons. The Morgan fingerprint density at radius 1 is 1.10 bits per heavy atom. The van der Waals surface area contributed by atoms with Crippen molar-refractivity contribution in [2.24, 2.45) is 0 Å². The fraction of sp³-hybridized carbons (Fsp3) is 0.375. The van der Waals surface area contributed by atoms with Crippen molar-refractivity contribution in [1.29, 1.82) is 0 Å². The molecule has 42 heavy (non-hydrogen) atoms. The van der Waals surface area contributed by atoms with E-state index < -0.39 is 0 Å². The first-order chi connectivity index (χ1) is 20.3. The van der Waals surface area contributed by atoms with Crippen LogP contribution in [0.3, 0.4) is 0 Å². The van der Waals surface area contributed by atoms with Gasteiger partial charge in [0.1, 0.15) is 17.9 Å². The van der Waals surface area contributed by atoms with Gasteiger partial charge >= 0.3 is 0 Å². The maximum atomic E-state index is 6.27. The topological polar surface area (TPSA) is 91.8 Å². The number of pyridine rings is 2. The van der Waals surface area contributed by atoms with Crippen LogP contribution in [0.5, 0.6) is 17.4 Å². The van der Waals surface area contributed by atoms with Crippen LogP contribution in [0.4, 0.5) is 23.0 Å². The number of likely N-dealkylation sites (N-methyl/N-ethyl adjacent to an activating group) is 1. The summed E-state index contributed by atoms with van der Waals surface area (Å²) in [6.07, 6.45) is 7.98. The van der Waals surface area contributed by atoms with Crippen LogP contribution in [0.1, 0.15) is 37.3 Å². The minimum absolute atomic E-state index is 0.354. The van der Waals surface area contributed by atoms with Crippen LogP contribution in [0.2, 0.25) is 0 Å². The summed E-state index contributed by atoms with van der Waals surface area (Å²) in [6.45, 7) is 14.0. The highest BCUT2D eigenvalue weighted by atomic mass is 16.5. The van der Waals surface area contributed by atoms with Crippen molar-refractivity contribution >= 4 is 33.9 Å². The van der Waals surface area contributed by atoms with E-state index in [1.165, 1.54) is 5.56 Å². The zero-order valence-corrected chi connectivity index (χ0v) is 25.4. The second-order valence-corrected chi connectivity index (χ2v) is 10.8. The summed E-state index contributed by atoms with van der Waals surface area (Å²) in [5.41, 5.74) is 4.75. The maximum Gasteiger partial charge on any atom is 0.219 e. The quantitative estimate of drug-likeness (QED) is 0.241. The number of methoxy groups -OCH3 is 1. The molecule has 0 bridgehead atoms. The number of benzene rings is 1. The van der Waals surface area contributed by atoms with Gasteiger partial charge in [0, 0.05) is 45.0 Å². The maximum absolute atomic E-state index is 6.27. The Balaban J connectivity index is 1.42. The number of rotatable bonds is 10. The van der Waals surface area contributed by atoms with E-state index >= 15 is 0 Å². The van der Waals surface area contributed by atoms with Gasteiger partial charge in [-0.2, -0.15) is 0 Å². The SMILES string of the molecule is C=CN(C)c1cnc(Oc2ccc(Nc3ncnc4cnc(N5CCN(C)CC5)c(OC)c34)cc2C)cc1C(C)CC. The van der Waals surface area contributed by atoms with E-state index in [4.69, 9.17) is 14.5 Å². The lowest BCUT2D eigenvalue weighted by Crippen LogP contribution is -2.45. The van der Waals surface area contributed by atoms with Crippen LogP contribution >= 0.6 is 0 Å². The first-order valence-electron chi connectivity index (χ1n) is 14.3. The third-order valence-corrected chi connectivity index (χ3v) is 7.96. The predicted molar refractivity (Wildman–Crippen MR) is 170 cm³/mol. The number of piperazine rings is 1. The summed E-state index contributed by atoms with van der Waals surface area (Å²) in [4.78, 5) is 24.9. The Labute approximate surface area is 248 Å². The van der Waals surface area contributed by atoms with Crippen molar-refractivity contribution in [1.82, 2.24) is 24.8 Å². The number of aromatic nitrogens is 4. The lowest BCUT2D eigenvalue weighted by Gasteiger charge is -2.34. The van der Waals surface area contributed by atoms with Crippen LogP contribution in [0.15, 0.2) is 55.8 Å². The molecule has 4 heterocycles. The van der Waals surface area contributed by atoms with Gasteiger partial charge in [-0.3, -0.25) is 0 Å². The molecule has 5 rings (SSSR count).